The van der Waals surface area contributed by atoms with Crippen LogP contribution in [0, 0.1) is 6.57 Å². The van der Waals surface area contributed by atoms with Gasteiger partial charge in [-0.2, -0.15) is 0 Å². The highest BCUT2D eigenvalue weighted by atomic mass is 15.0. The average Bonchev–Trinajstić information content (AvgIpc) is 3.81. The number of hydrogen-bond acceptors (Lipinski definition) is 3. The smallest absolute Gasteiger partial charge is 0.195 e. The van der Waals surface area contributed by atoms with Crippen molar-refractivity contribution < 1.29 is 0 Å². The summed E-state index contributed by atoms with van der Waals surface area (Å²) in [6.45, 7) is 8.43. The van der Waals surface area contributed by atoms with Crippen molar-refractivity contribution in [1.82, 2.24) is 15.0 Å². The van der Waals surface area contributed by atoms with Crippen molar-refractivity contribution in [3.63, 3.8) is 0 Å². The van der Waals surface area contributed by atoms with Gasteiger partial charge >= 0.3 is 0 Å². The molecule has 4 nitrogen and oxygen atoms in total. The molecule has 0 unspecified atom stereocenters. The van der Waals surface area contributed by atoms with Crippen molar-refractivity contribution >= 4 is 38.0 Å². The first-order valence-electron chi connectivity index (χ1n) is 24.9. The summed E-state index contributed by atoms with van der Waals surface area (Å²) in [5, 5.41) is 7.44. The molecule has 1 heterocycles. The lowest BCUT2D eigenvalue weighted by Crippen LogP contribution is -2.00. The lowest BCUT2D eigenvalue weighted by atomic mass is 9.85. The molecule has 1 aliphatic rings. The lowest BCUT2D eigenvalue weighted by Gasteiger charge is -2.18. The Balaban J connectivity index is 0.830. The van der Waals surface area contributed by atoms with E-state index in [2.05, 4.69) is 217 Å². The molecule has 4 heteroatoms. The van der Waals surface area contributed by atoms with Crippen LogP contribution in [0.5, 0.6) is 0 Å². The van der Waals surface area contributed by atoms with E-state index >= 15 is 0 Å². The van der Waals surface area contributed by atoms with E-state index in [1.165, 1.54) is 54.6 Å². The van der Waals surface area contributed by atoms with Gasteiger partial charge in [-0.15, -0.1) is 0 Å². The number of fused-ring (bicyclic) bond motifs is 6. The van der Waals surface area contributed by atoms with E-state index in [1.807, 2.05) is 42.5 Å². The Morgan fingerprint density at radius 1 is 0.257 bits per heavy atom. The summed E-state index contributed by atoms with van der Waals surface area (Å²) < 4.78 is 0. The second-order valence-corrected chi connectivity index (χ2v) is 18.9. The molecule has 13 aromatic rings. The van der Waals surface area contributed by atoms with Gasteiger partial charge in [-0.1, -0.05) is 231 Å². The van der Waals surface area contributed by atoms with Crippen LogP contribution in [0.2, 0.25) is 0 Å². The Morgan fingerprint density at radius 2 is 0.716 bits per heavy atom. The third kappa shape index (κ3) is 7.26. The van der Waals surface area contributed by atoms with Crippen LogP contribution in [0.1, 0.15) is 0 Å². The summed E-state index contributed by atoms with van der Waals surface area (Å²) in [6.07, 6.45) is 0. The molecule has 0 radical (unpaired) electrons. The predicted molar refractivity (Wildman–Crippen MR) is 307 cm³/mol. The molecule has 74 heavy (non-hydrogen) atoms. The second kappa shape index (κ2) is 17.6. The van der Waals surface area contributed by atoms with E-state index in [0.29, 0.717) is 23.2 Å². The first-order valence-corrected chi connectivity index (χ1v) is 24.9. The van der Waals surface area contributed by atoms with E-state index in [1.54, 1.807) is 0 Å². The first-order chi connectivity index (χ1) is 36.6. The van der Waals surface area contributed by atoms with E-state index < -0.39 is 0 Å². The molecular formula is C70H42N4. The van der Waals surface area contributed by atoms with Crippen LogP contribution in [0.3, 0.4) is 0 Å². The van der Waals surface area contributed by atoms with E-state index in [-0.39, 0.29) is 0 Å². The maximum atomic E-state index is 8.43. The van der Waals surface area contributed by atoms with Gasteiger partial charge in [-0.3, -0.25) is 0 Å². The fourth-order valence-corrected chi connectivity index (χ4v) is 11.2. The minimum Gasteiger partial charge on any atom is -0.237 e. The molecule has 0 spiro atoms. The van der Waals surface area contributed by atoms with E-state index in [4.69, 9.17) is 21.5 Å². The van der Waals surface area contributed by atoms with Gasteiger partial charge in [0.15, 0.2) is 23.2 Å². The van der Waals surface area contributed by atoms with Gasteiger partial charge in [-0.25, -0.2) is 19.8 Å². The zero-order chi connectivity index (χ0) is 49.1. The van der Waals surface area contributed by atoms with Crippen LogP contribution >= 0.6 is 0 Å². The van der Waals surface area contributed by atoms with Crippen LogP contribution in [-0.4, -0.2) is 15.0 Å². The molecule has 1 aliphatic carbocycles. The number of aromatic nitrogens is 3. The molecule has 1 aromatic heterocycles. The monoisotopic (exact) mass is 938 g/mol. The third-order valence-electron chi connectivity index (χ3n) is 14.7. The zero-order valence-corrected chi connectivity index (χ0v) is 40.0. The quantitative estimate of drug-likeness (QED) is 0.113. The van der Waals surface area contributed by atoms with Crippen LogP contribution < -0.4 is 0 Å². The molecule has 0 bridgehead atoms. The zero-order valence-electron chi connectivity index (χ0n) is 40.0. The van der Waals surface area contributed by atoms with Crippen molar-refractivity contribution in [3.05, 3.63) is 266 Å². The van der Waals surface area contributed by atoms with Crippen molar-refractivity contribution in [1.29, 1.82) is 0 Å². The number of nitrogens with zero attached hydrogens (tertiary/aromatic N) is 4. The molecule has 0 amide bonds. The summed E-state index contributed by atoms with van der Waals surface area (Å²) >= 11 is 0. The summed E-state index contributed by atoms with van der Waals surface area (Å²) in [6, 6.07) is 89.9. The summed E-state index contributed by atoms with van der Waals surface area (Å²) in [4.78, 5) is 19.5. The minimum atomic E-state index is 0.585. The standard InChI is InChI=1S/C70H42N4/c1-71-65-33-15-32-61(56-27-8-10-29-58(56)63-43-51-18-5-6-25-54(51)55-26-7-9-28-57(55)63)67(65)52-23-11-21-48(40-52)49-22-12-24-53(41-49)70-73-68(46-16-3-2-4-17-46)72-69(74-70)47-36-34-44(35-37-47)50-38-39-59-60-30-13-19-45-20-14-31-62(66(45)60)64(59)42-50/h2-43H. The highest BCUT2D eigenvalue weighted by molar-refractivity contribution is 6.17. The second-order valence-electron chi connectivity index (χ2n) is 18.9. The van der Waals surface area contributed by atoms with Crippen molar-refractivity contribution in [2.75, 3.05) is 0 Å². The Labute approximate surface area is 429 Å². The summed E-state index contributed by atoms with van der Waals surface area (Å²) in [5.41, 5.74) is 19.0. The molecule has 0 N–H and O–H groups in total. The lowest BCUT2D eigenvalue weighted by molar-refractivity contribution is 1.07. The molecule has 0 aliphatic heterocycles. The Kier molecular flexibility index (Phi) is 10.2. The third-order valence-corrected chi connectivity index (χ3v) is 14.7. The molecule has 342 valence electrons. The van der Waals surface area contributed by atoms with Crippen molar-refractivity contribution in [3.8, 4) is 112 Å². The summed E-state index contributed by atoms with van der Waals surface area (Å²) in [7, 11) is 0. The highest BCUT2D eigenvalue weighted by Gasteiger charge is 2.23. The minimum absolute atomic E-state index is 0.585. The molecule has 0 fully saturated rings. The largest absolute Gasteiger partial charge is 0.237 e. The van der Waals surface area contributed by atoms with E-state index in [9.17, 15) is 0 Å². The first kappa shape index (κ1) is 42.8. The van der Waals surface area contributed by atoms with Gasteiger partial charge in [0.1, 0.15) is 0 Å². The number of rotatable bonds is 8. The van der Waals surface area contributed by atoms with Crippen LogP contribution in [0.15, 0.2) is 255 Å². The van der Waals surface area contributed by atoms with Crippen molar-refractivity contribution in [2.24, 2.45) is 0 Å². The van der Waals surface area contributed by atoms with Gasteiger partial charge in [0.25, 0.3) is 0 Å². The van der Waals surface area contributed by atoms with Crippen molar-refractivity contribution in [2.45, 2.75) is 0 Å². The van der Waals surface area contributed by atoms with Gasteiger partial charge in [0, 0.05) is 16.7 Å². The van der Waals surface area contributed by atoms with Crippen LogP contribution in [0.4, 0.5) is 5.69 Å². The van der Waals surface area contributed by atoms with E-state index in [0.717, 1.165) is 72.3 Å². The summed E-state index contributed by atoms with van der Waals surface area (Å²) in [5.74, 6) is 1.79. The fraction of sp³-hybridized carbons (Fsp3) is 0. The van der Waals surface area contributed by atoms with Gasteiger partial charge < -0.3 is 0 Å². The van der Waals surface area contributed by atoms with Crippen LogP contribution in [-0.2, 0) is 0 Å². The SMILES string of the molecule is [C-]#[N+]c1cccc(-c2ccccc2-c2cc3ccccc3c3ccccc23)c1-c1cccc(-c2cccc(-c3nc(-c4ccccc4)nc(-c4ccc(-c5ccc6c(c5)-c5cccc7cccc-6c57)cc4)n3)c2)c1. The predicted octanol–water partition coefficient (Wildman–Crippen LogP) is 18.9. The highest BCUT2D eigenvalue weighted by Crippen LogP contribution is 2.49. The maximum Gasteiger partial charge on any atom is 0.195 e. The average molecular weight is 939 g/mol. The van der Waals surface area contributed by atoms with Gasteiger partial charge in [-0.05, 0) is 134 Å². The fourth-order valence-electron chi connectivity index (χ4n) is 11.2. The van der Waals surface area contributed by atoms with Gasteiger partial charge in [0.2, 0.25) is 0 Å². The molecule has 0 atom stereocenters. The Hall–Kier alpha value is -10.1. The molecule has 0 saturated heterocycles. The normalized spacial score (nSPS) is 11.5. The Bertz CT molecular complexity index is 4430. The van der Waals surface area contributed by atoms with Gasteiger partial charge in [0.05, 0.1) is 6.57 Å². The van der Waals surface area contributed by atoms with Crippen LogP contribution in [0.25, 0.3) is 149 Å². The topological polar surface area (TPSA) is 43.0 Å². The molecule has 14 rings (SSSR count). The molecule has 12 aromatic carbocycles. The molecular weight excluding hydrogens is 897 g/mol. The number of hydrogen-bond donors (Lipinski definition) is 0. The number of benzene rings is 12. The molecule has 0 saturated carbocycles. The Morgan fingerprint density at radius 3 is 1.46 bits per heavy atom. The maximum absolute atomic E-state index is 8.43.